The standard InChI is InChI=1S/C27H30N2O8/c1-3-14-11-29-9-8-16-15-6-4-5-7-19(15)28-22(16)20(29)10-17(14)18(26(34)35-2)13-36-27-25(33)24(32)23(31)21(12-30)37-27/h3-9,13,17,21,23-25,27,30-33H,10-12H2,1-2H3/b14-3+,18-13-/t17-,21+,23+,24-,25+,27+/m0/s1. The van der Waals surface area contributed by atoms with Gasteiger partial charge in [-0.3, -0.25) is 0 Å². The molecule has 6 atom stereocenters. The fourth-order valence-corrected chi connectivity index (χ4v) is 5.19. The summed E-state index contributed by atoms with van der Waals surface area (Å²) < 4.78 is 18.2. The zero-order valence-electron chi connectivity index (χ0n) is 20.5. The Hall–Kier alpha value is -3.28. The largest absolute Gasteiger partial charge is 0.469 e. The Labute approximate surface area is 213 Å². The molecule has 37 heavy (non-hydrogen) atoms. The van der Waals surface area contributed by atoms with Crippen LogP contribution in [0.4, 0.5) is 0 Å². The van der Waals surface area contributed by atoms with Gasteiger partial charge < -0.3 is 39.2 Å². The quantitative estimate of drug-likeness (QED) is 0.172. The van der Waals surface area contributed by atoms with Crippen molar-refractivity contribution < 1.29 is 39.4 Å². The molecule has 0 spiro atoms. The number of rotatable bonds is 5. The minimum Gasteiger partial charge on any atom is -0.469 e. The number of carbonyl (C=O) groups excluding carboxylic acids is 1. The van der Waals surface area contributed by atoms with E-state index in [4.69, 9.17) is 19.2 Å². The van der Waals surface area contributed by atoms with Gasteiger partial charge in [0.15, 0.2) is 0 Å². The van der Waals surface area contributed by atoms with Gasteiger partial charge in [0, 0.05) is 41.7 Å². The lowest BCUT2D eigenvalue weighted by Crippen LogP contribution is -2.58. The van der Waals surface area contributed by atoms with Crippen LogP contribution >= 0.6 is 0 Å². The highest BCUT2D eigenvalue weighted by molar-refractivity contribution is 5.98. The van der Waals surface area contributed by atoms with Crippen molar-refractivity contribution in [3.8, 4) is 11.3 Å². The number of methoxy groups -OCH3 is 1. The Morgan fingerprint density at radius 3 is 2.70 bits per heavy atom. The fraction of sp³-hybridized carbons (Fsp3) is 0.407. The number of aromatic nitrogens is 2. The monoisotopic (exact) mass is 510 g/mol. The van der Waals surface area contributed by atoms with E-state index < -0.39 is 49.2 Å². The number of esters is 1. The lowest BCUT2D eigenvalue weighted by atomic mass is 9.83. The van der Waals surface area contributed by atoms with Crippen molar-refractivity contribution in [2.75, 3.05) is 13.7 Å². The average Bonchev–Trinajstić information content (AvgIpc) is 3.31. The second-order valence-electron chi connectivity index (χ2n) is 9.30. The minimum atomic E-state index is -1.60. The molecule has 0 aliphatic carbocycles. The number of benzene rings is 1. The van der Waals surface area contributed by atoms with Crippen molar-refractivity contribution in [3.05, 3.63) is 65.7 Å². The first kappa shape index (κ1) is 25.4. The number of carbonyl (C=O) groups is 1. The highest BCUT2D eigenvalue weighted by atomic mass is 16.7. The predicted molar refractivity (Wildman–Crippen MR) is 132 cm³/mol. The van der Waals surface area contributed by atoms with Crippen molar-refractivity contribution in [2.45, 2.75) is 50.6 Å². The normalized spacial score (nSPS) is 29.5. The molecule has 4 N–H and O–H groups in total. The first-order valence-corrected chi connectivity index (χ1v) is 12.1. The van der Waals surface area contributed by atoms with E-state index in [9.17, 15) is 25.2 Å². The van der Waals surface area contributed by atoms with E-state index in [2.05, 4.69) is 10.6 Å². The van der Waals surface area contributed by atoms with Crippen LogP contribution in [0.15, 0.2) is 60.0 Å². The van der Waals surface area contributed by atoms with Crippen molar-refractivity contribution in [2.24, 2.45) is 5.92 Å². The van der Waals surface area contributed by atoms with E-state index in [0.717, 1.165) is 33.4 Å². The molecule has 1 aromatic carbocycles. The second-order valence-corrected chi connectivity index (χ2v) is 9.30. The Balaban J connectivity index is 1.50. The van der Waals surface area contributed by atoms with Gasteiger partial charge in [-0.1, -0.05) is 24.3 Å². The molecule has 10 heteroatoms. The van der Waals surface area contributed by atoms with Gasteiger partial charge in [-0.2, -0.15) is 0 Å². The molecular formula is C27H30N2O8. The van der Waals surface area contributed by atoms with Gasteiger partial charge in [0.2, 0.25) is 6.29 Å². The highest BCUT2D eigenvalue weighted by Crippen LogP contribution is 2.40. The number of aliphatic hydroxyl groups excluding tert-OH is 4. The maximum absolute atomic E-state index is 12.9. The molecule has 0 radical (unpaired) electrons. The molecule has 0 unspecified atom stereocenters. The van der Waals surface area contributed by atoms with Crippen LogP contribution < -0.4 is 0 Å². The van der Waals surface area contributed by atoms with Crippen LogP contribution in [0.3, 0.4) is 0 Å². The number of allylic oxidation sites excluding steroid dienone is 2. The molecule has 0 aromatic heterocycles. The Kier molecular flexibility index (Phi) is 7.02. The number of nitrogens with zero attached hydrogens (tertiary/aromatic N) is 2. The number of aliphatic hydroxyl groups is 4. The Morgan fingerprint density at radius 2 is 1.97 bits per heavy atom. The topological polar surface area (TPSA) is 144 Å². The van der Waals surface area contributed by atoms with Gasteiger partial charge in [-0.15, -0.1) is 0 Å². The minimum absolute atomic E-state index is 0.201. The molecule has 4 heterocycles. The van der Waals surface area contributed by atoms with E-state index in [0.29, 0.717) is 13.0 Å². The molecule has 4 aliphatic rings. The summed E-state index contributed by atoms with van der Waals surface area (Å²) in [6, 6.07) is 9.99. The van der Waals surface area contributed by atoms with E-state index in [1.54, 1.807) is 0 Å². The number of fused-ring (bicyclic) bond motifs is 5. The van der Waals surface area contributed by atoms with Crippen LogP contribution in [0.2, 0.25) is 0 Å². The molecule has 196 valence electrons. The molecule has 10 nitrogen and oxygen atoms in total. The lowest BCUT2D eigenvalue weighted by molar-refractivity contribution is -0.288. The van der Waals surface area contributed by atoms with Crippen LogP contribution in [-0.2, 0) is 32.0 Å². The molecule has 0 bridgehead atoms. The number of pyridine rings is 1. The predicted octanol–water partition coefficient (Wildman–Crippen LogP) is 1.13. The van der Waals surface area contributed by atoms with E-state index in [-0.39, 0.29) is 5.57 Å². The molecule has 1 aromatic rings. The summed E-state index contributed by atoms with van der Waals surface area (Å²) >= 11 is 0. The molecule has 0 saturated carbocycles. The molecule has 1 saturated heterocycles. The average molecular weight is 511 g/mol. The van der Waals surface area contributed by atoms with Crippen LogP contribution in [0.5, 0.6) is 0 Å². The summed E-state index contributed by atoms with van der Waals surface area (Å²) in [7, 11) is 1.27. The van der Waals surface area contributed by atoms with Crippen LogP contribution in [-0.4, -0.2) is 80.4 Å². The molecule has 1 fully saturated rings. The summed E-state index contributed by atoms with van der Waals surface area (Å²) in [5.41, 5.74) is 4.92. The zero-order chi connectivity index (χ0) is 26.3. The molecule has 5 rings (SSSR count). The van der Waals surface area contributed by atoms with Gasteiger partial charge in [0.05, 0.1) is 36.8 Å². The summed E-state index contributed by atoms with van der Waals surface area (Å²) in [6.45, 7) is 1.84. The third-order valence-corrected chi connectivity index (χ3v) is 7.27. The van der Waals surface area contributed by atoms with E-state index >= 15 is 0 Å². The summed E-state index contributed by atoms with van der Waals surface area (Å²) in [5.74, 6) is -1.03. The third kappa shape index (κ3) is 4.41. The molecular weight excluding hydrogens is 480 g/mol. The van der Waals surface area contributed by atoms with Crippen LogP contribution in [0.25, 0.3) is 22.2 Å². The van der Waals surface area contributed by atoms with Gasteiger partial charge in [0.1, 0.15) is 24.4 Å². The van der Waals surface area contributed by atoms with Gasteiger partial charge in [-0.25, -0.2) is 9.78 Å². The van der Waals surface area contributed by atoms with Gasteiger partial charge >= 0.3 is 5.97 Å². The SMILES string of the molecule is C/C=C1\Cn2ccc3c4ccccc4nc-3c2C[C@@H]1/C(=C/O[C@@H]1O[C@H](CO)[C@@H](O)[C@H](O)[C@H]1O)C(=O)OC. The van der Waals surface area contributed by atoms with Crippen molar-refractivity contribution >= 4 is 16.9 Å². The Morgan fingerprint density at radius 1 is 1.19 bits per heavy atom. The Bertz CT molecular complexity index is 1330. The number of hydrogen-bond donors (Lipinski definition) is 4. The first-order chi connectivity index (χ1) is 17.9. The van der Waals surface area contributed by atoms with Crippen molar-refractivity contribution in [1.29, 1.82) is 0 Å². The second kappa shape index (κ2) is 10.2. The number of ether oxygens (including phenoxy) is 3. The van der Waals surface area contributed by atoms with Gasteiger partial charge in [-0.05, 0) is 24.6 Å². The molecule has 0 amide bonds. The number of hydrogen-bond acceptors (Lipinski definition) is 9. The summed E-state index contributed by atoms with van der Waals surface area (Å²) in [5, 5.41) is 41.0. The molecule has 4 aliphatic heterocycles. The number of para-hydroxylation sites is 1. The lowest BCUT2D eigenvalue weighted by Gasteiger charge is -2.39. The third-order valence-electron chi connectivity index (χ3n) is 7.27. The summed E-state index contributed by atoms with van der Waals surface area (Å²) in [4.78, 5) is 17.8. The van der Waals surface area contributed by atoms with Crippen LogP contribution in [0, 0.1) is 5.92 Å². The summed E-state index contributed by atoms with van der Waals surface area (Å²) in [6.07, 6.45) is -1.66. The fourth-order valence-electron chi connectivity index (χ4n) is 5.19. The highest BCUT2D eigenvalue weighted by Gasteiger charge is 2.44. The smallest absolute Gasteiger partial charge is 0.337 e. The zero-order valence-corrected chi connectivity index (χ0v) is 20.5. The van der Waals surface area contributed by atoms with Crippen LogP contribution in [0.1, 0.15) is 12.6 Å². The van der Waals surface area contributed by atoms with Crippen molar-refractivity contribution in [1.82, 2.24) is 9.55 Å². The van der Waals surface area contributed by atoms with E-state index in [1.165, 1.54) is 13.4 Å². The van der Waals surface area contributed by atoms with Gasteiger partial charge in [0.25, 0.3) is 0 Å². The maximum atomic E-state index is 12.9. The first-order valence-electron chi connectivity index (χ1n) is 12.1. The van der Waals surface area contributed by atoms with E-state index in [1.807, 2.05) is 43.5 Å². The maximum Gasteiger partial charge on any atom is 0.337 e. The van der Waals surface area contributed by atoms with Crippen molar-refractivity contribution in [3.63, 3.8) is 0 Å².